The minimum absolute atomic E-state index is 0.00454. The third-order valence-electron chi connectivity index (χ3n) is 3.10. The number of rotatable bonds is 3. The molecule has 0 amide bonds. The maximum absolute atomic E-state index is 12.4. The Kier molecular flexibility index (Phi) is 3.75. The fourth-order valence-corrected chi connectivity index (χ4v) is 2.51. The van der Waals surface area contributed by atoms with E-state index in [1.807, 2.05) is 33.0 Å². The Hall–Kier alpha value is -1.62. The number of hydrogen-bond acceptors (Lipinski definition) is 3. The van der Waals surface area contributed by atoms with Crippen molar-refractivity contribution in [3.05, 3.63) is 45.2 Å². The molecule has 19 heavy (non-hydrogen) atoms. The summed E-state index contributed by atoms with van der Waals surface area (Å²) in [6.07, 6.45) is 0.283. The highest BCUT2D eigenvalue weighted by atomic mass is 79.9. The van der Waals surface area contributed by atoms with Crippen molar-refractivity contribution in [1.82, 2.24) is 9.78 Å². The molecular formula is C14H16BrN3O. The van der Waals surface area contributed by atoms with E-state index in [0.29, 0.717) is 11.3 Å². The second-order valence-electron chi connectivity index (χ2n) is 4.66. The topological polar surface area (TPSA) is 60.9 Å². The summed E-state index contributed by atoms with van der Waals surface area (Å²) >= 11 is 3.47. The number of nitrogens with zero attached hydrogens (tertiary/aromatic N) is 2. The average Bonchev–Trinajstić information content (AvgIpc) is 2.59. The third-order valence-corrected chi connectivity index (χ3v) is 4.13. The molecule has 0 aliphatic rings. The molecule has 2 rings (SSSR count). The molecule has 0 radical (unpaired) electrons. The first-order valence-corrected chi connectivity index (χ1v) is 6.76. The quantitative estimate of drug-likeness (QED) is 0.698. The maximum atomic E-state index is 12.4. The molecule has 0 spiro atoms. The minimum Gasteiger partial charge on any atom is -0.398 e. The maximum Gasteiger partial charge on any atom is 0.170 e. The highest BCUT2D eigenvalue weighted by Crippen LogP contribution is 2.23. The van der Waals surface area contributed by atoms with E-state index >= 15 is 0 Å². The molecule has 4 nitrogen and oxygen atoms in total. The molecule has 0 atom stereocenters. The molecule has 0 aliphatic carbocycles. The summed E-state index contributed by atoms with van der Waals surface area (Å²) in [5.74, 6) is 0.00454. The van der Waals surface area contributed by atoms with E-state index in [4.69, 9.17) is 5.73 Å². The van der Waals surface area contributed by atoms with Gasteiger partial charge in [0.05, 0.1) is 22.3 Å². The fraction of sp³-hybridized carbons (Fsp3) is 0.286. The van der Waals surface area contributed by atoms with Crippen molar-refractivity contribution in [2.45, 2.75) is 20.3 Å². The summed E-state index contributed by atoms with van der Waals surface area (Å²) in [4.78, 5) is 12.4. The van der Waals surface area contributed by atoms with Gasteiger partial charge in [-0.1, -0.05) is 11.6 Å². The molecule has 0 aliphatic heterocycles. The number of carbonyl (C=O) groups is 1. The largest absolute Gasteiger partial charge is 0.398 e. The van der Waals surface area contributed by atoms with Gasteiger partial charge in [0.1, 0.15) is 0 Å². The first kappa shape index (κ1) is 13.8. The van der Waals surface area contributed by atoms with Gasteiger partial charge in [0.25, 0.3) is 0 Å². The summed E-state index contributed by atoms with van der Waals surface area (Å²) in [6.45, 7) is 3.85. The summed E-state index contributed by atoms with van der Waals surface area (Å²) in [5, 5.41) is 4.28. The summed E-state index contributed by atoms with van der Waals surface area (Å²) in [5.41, 5.74) is 9.73. The van der Waals surface area contributed by atoms with Crippen LogP contribution in [0.15, 0.2) is 22.7 Å². The predicted octanol–water partition coefficient (Wildman–Crippen LogP) is 2.81. The molecule has 100 valence electrons. The van der Waals surface area contributed by atoms with Gasteiger partial charge in [0, 0.05) is 18.3 Å². The van der Waals surface area contributed by atoms with E-state index in [1.165, 1.54) is 0 Å². The first-order valence-electron chi connectivity index (χ1n) is 5.97. The fourth-order valence-electron chi connectivity index (χ4n) is 2.03. The van der Waals surface area contributed by atoms with E-state index in [2.05, 4.69) is 21.0 Å². The van der Waals surface area contributed by atoms with E-state index < -0.39 is 0 Å². The predicted molar refractivity (Wildman–Crippen MR) is 79.3 cm³/mol. The molecule has 1 heterocycles. The lowest BCUT2D eigenvalue weighted by molar-refractivity contribution is 0.0991. The van der Waals surface area contributed by atoms with Gasteiger partial charge in [-0.05, 0) is 41.9 Å². The lowest BCUT2D eigenvalue weighted by Crippen LogP contribution is -2.10. The molecule has 1 aromatic carbocycles. The first-order chi connectivity index (χ1) is 8.90. The van der Waals surface area contributed by atoms with Crippen LogP contribution < -0.4 is 5.73 Å². The number of aromatic nitrogens is 2. The molecule has 0 saturated heterocycles. The molecule has 0 fully saturated rings. The number of halogens is 1. The van der Waals surface area contributed by atoms with Crippen LogP contribution in [0.4, 0.5) is 5.69 Å². The summed E-state index contributed by atoms with van der Waals surface area (Å²) in [7, 11) is 1.83. The molecule has 5 heteroatoms. The number of nitrogens with two attached hydrogens (primary N) is 1. The van der Waals surface area contributed by atoms with E-state index in [1.54, 1.807) is 10.7 Å². The van der Waals surface area contributed by atoms with Gasteiger partial charge in [-0.3, -0.25) is 9.48 Å². The highest BCUT2D eigenvalue weighted by molar-refractivity contribution is 9.10. The average molecular weight is 322 g/mol. The SMILES string of the molecule is Cc1ccc(N)c(C(=O)Cc2c(Br)c(C)nn2C)c1. The molecule has 2 aromatic rings. The van der Waals surface area contributed by atoms with Crippen LogP contribution in [0.2, 0.25) is 0 Å². The van der Waals surface area contributed by atoms with Crippen LogP contribution in [-0.4, -0.2) is 15.6 Å². The zero-order chi connectivity index (χ0) is 14.2. The minimum atomic E-state index is 0.00454. The Labute approximate surface area is 120 Å². The molecular weight excluding hydrogens is 306 g/mol. The van der Waals surface area contributed by atoms with Crippen LogP contribution in [0.1, 0.15) is 27.3 Å². The molecule has 0 unspecified atom stereocenters. The van der Waals surface area contributed by atoms with Crippen molar-refractivity contribution in [3.63, 3.8) is 0 Å². The second kappa shape index (κ2) is 5.17. The van der Waals surface area contributed by atoms with Gasteiger partial charge < -0.3 is 5.73 Å². The molecule has 2 N–H and O–H groups in total. The second-order valence-corrected chi connectivity index (χ2v) is 5.45. The molecule has 0 bridgehead atoms. The van der Waals surface area contributed by atoms with Crippen LogP contribution in [-0.2, 0) is 13.5 Å². The van der Waals surface area contributed by atoms with Crippen LogP contribution in [0.25, 0.3) is 0 Å². The Balaban J connectivity index is 2.33. The zero-order valence-corrected chi connectivity index (χ0v) is 12.8. The number of benzene rings is 1. The van der Waals surface area contributed by atoms with Gasteiger partial charge in [-0.2, -0.15) is 5.10 Å². The number of ketones is 1. The van der Waals surface area contributed by atoms with Crippen LogP contribution in [0, 0.1) is 13.8 Å². The van der Waals surface area contributed by atoms with E-state index in [9.17, 15) is 4.79 Å². The van der Waals surface area contributed by atoms with Crippen molar-refractivity contribution < 1.29 is 4.79 Å². The lowest BCUT2D eigenvalue weighted by atomic mass is 10.0. The number of aryl methyl sites for hydroxylation is 3. The monoisotopic (exact) mass is 321 g/mol. The van der Waals surface area contributed by atoms with Crippen LogP contribution in [0.3, 0.4) is 0 Å². The highest BCUT2D eigenvalue weighted by Gasteiger charge is 2.17. The summed E-state index contributed by atoms with van der Waals surface area (Å²) < 4.78 is 2.61. The van der Waals surface area contributed by atoms with E-state index in [0.717, 1.165) is 21.4 Å². The normalized spacial score (nSPS) is 10.7. The Morgan fingerprint density at radius 2 is 2.11 bits per heavy atom. The Morgan fingerprint density at radius 3 is 2.68 bits per heavy atom. The van der Waals surface area contributed by atoms with Gasteiger partial charge in [0.2, 0.25) is 0 Å². The zero-order valence-electron chi connectivity index (χ0n) is 11.2. The molecule has 0 saturated carbocycles. The van der Waals surface area contributed by atoms with Gasteiger partial charge in [-0.15, -0.1) is 0 Å². The van der Waals surface area contributed by atoms with Gasteiger partial charge >= 0.3 is 0 Å². The van der Waals surface area contributed by atoms with Crippen molar-refractivity contribution in [3.8, 4) is 0 Å². The third kappa shape index (κ3) is 2.71. The van der Waals surface area contributed by atoms with Gasteiger partial charge in [0.15, 0.2) is 5.78 Å². The number of nitrogen functional groups attached to an aromatic ring is 1. The number of carbonyl (C=O) groups excluding carboxylic acids is 1. The number of anilines is 1. The van der Waals surface area contributed by atoms with Crippen LogP contribution >= 0.6 is 15.9 Å². The summed E-state index contributed by atoms with van der Waals surface area (Å²) in [6, 6.07) is 5.50. The Bertz CT molecular complexity index is 646. The van der Waals surface area contributed by atoms with E-state index in [-0.39, 0.29) is 12.2 Å². The van der Waals surface area contributed by atoms with Crippen molar-refractivity contribution in [2.75, 3.05) is 5.73 Å². The van der Waals surface area contributed by atoms with Crippen LogP contribution in [0.5, 0.6) is 0 Å². The van der Waals surface area contributed by atoms with Crippen molar-refractivity contribution >= 4 is 27.4 Å². The molecule has 1 aromatic heterocycles. The smallest absolute Gasteiger partial charge is 0.170 e. The van der Waals surface area contributed by atoms with Crippen molar-refractivity contribution in [1.29, 1.82) is 0 Å². The van der Waals surface area contributed by atoms with Gasteiger partial charge in [-0.25, -0.2) is 0 Å². The standard InChI is InChI=1S/C14H16BrN3O/c1-8-4-5-11(16)10(6-8)13(19)7-12-14(15)9(2)17-18(12)3/h4-6H,7,16H2,1-3H3. The lowest BCUT2D eigenvalue weighted by Gasteiger charge is -2.07. The van der Waals surface area contributed by atoms with Crippen molar-refractivity contribution in [2.24, 2.45) is 7.05 Å². The number of hydrogen-bond donors (Lipinski definition) is 1. The Morgan fingerprint density at radius 1 is 1.42 bits per heavy atom. The number of Topliss-reactive ketones (excluding diaryl/α,β-unsaturated/α-hetero) is 1.